The average Bonchev–Trinajstić information content (AvgIpc) is 2.18. The Morgan fingerprint density at radius 1 is 1.33 bits per heavy atom. The maximum absolute atomic E-state index is 13.3. The molecule has 0 saturated heterocycles. The number of carbonyl (C=O) groups is 1. The van der Waals surface area contributed by atoms with Crippen LogP contribution >= 0.6 is 0 Å². The van der Waals surface area contributed by atoms with E-state index in [0.717, 1.165) is 11.0 Å². The molecule has 100 valence electrons. The Labute approximate surface area is 102 Å². The summed E-state index contributed by atoms with van der Waals surface area (Å²) in [5.41, 5.74) is 0.229. The number of rotatable bonds is 3. The van der Waals surface area contributed by atoms with Gasteiger partial charge in [-0.25, -0.2) is 4.39 Å². The largest absolute Gasteiger partial charge is 0.405 e. The molecule has 0 radical (unpaired) electrons. The summed E-state index contributed by atoms with van der Waals surface area (Å²) in [6.07, 6.45) is -4.38. The molecular formula is C12H13F4NO. The van der Waals surface area contributed by atoms with Gasteiger partial charge in [0.1, 0.15) is 12.4 Å². The second kappa shape index (κ2) is 4.96. The number of ketones is 1. The van der Waals surface area contributed by atoms with E-state index in [2.05, 4.69) is 0 Å². The van der Waals surface area contributed by atoms with Crippen LogP contribution < -0.4 is 4.90 Å². The Morgan fingerprint density at radius 2 is 1.89 bits per heavy atom. The summed E-state index contributed by atoms with van der Waals surface area (Å²) in [6.45, 7) is 1.43. The van der Waals surface area contributed by atoms with Gasteiger partial charge < -0.3 is 4.90 Å². The number of benzene rings is 1. The van der Waals surface area contributed by atoms with Crippen LogP contribution in [0.1, 0.15) is 22.8 Å². The lowest BCUT2D eigenvalue weighted by Gasteiger charge is -2.23. The molecule has 6 heteroatoms. The molecule has 0 spiro atoms. The molecule has 0 amide bonds. The summed E-state index contributed by atoms with van der Waals surface area (Å²) in [5.74, 6) is -1.08. The summed E-state index contributed by atoms with van der Waals surface area (Å²) >= 11 is 0. The Bertz CT molecular complexity index is 468. The zero-order chi connectivity index (χ0) is 14.1. The van der Waals surface area contributed by atoms with E-state index in [1.54, 1.807) is 0 Å². The fraction of sp³-hybridized carbons (Fsp3) is 0.417. The van der Waals surface area contributed by atoms with Crippen molar-refractivity contribution in [2.24, 2.45) is 0 Å². The van der Waals surface area contributed by atoms with Gasteiger partial charge in [-0.05, 0) is 31.5 Å². The van der Waals surface area contributed by atoms with Crippen LogP contribution in [0.5, 0.6) is 0 Å². The van der Waals surface area contributed by atoms with Crippen molar-refractivity contribution in [3.05, 3.63) is 29.1 Å². The third-order valence-corrected chi connectivity index (χ3v) is 2.48. The van der Waals surface area contributed by atoms with Crippen molar-refractivity contribution in [3.8, 4) is 0 Å². The highest BCUT2D eigenvalue weighted by atomic mass is 19.4. The standard InChI is InChI=1S/C12H13F4NO/c1-7-4-11(17(3)6-12(14,15)16)9(8(2)18)5-10(7)13/h4-5H,6H2,1-3H3. The predicted molar refractivity (Wildman–Crippen MR) is 60.5 cm³/mol. The van der Waals surface area contributed by atoms with Crippen molar-refractivity contribution in [3.63, 3.8) is 0 Å². The number of nitrogens with zero attached hydrogens (tertiary/aromatic N) is 1. The quantitative estimate of drug-likeness (QED) is 0.615. The third-order valence-electron chi connectivity index (χ3n) is 2.48. The minimum Gasteiger partial charge on any atom is -0.365 e. The van der Waals surface area contributed by atoms with Crippen LogP contribution in [0.3, 0.4) is 0 Å². The SMILES string of the molecule is CC(=O)c1cc(F)c(C)cc1N(C)CC(F)(F)F. The maximum atomic E-state index is 13.3. The normalized spacial score (nSPS) is 11.5. The van der Waals surface area contributed by atoms with E-state index < -0.39 is 24.3 Å². The smallest absolute Gasteiger partial charge is 0.365 e. The van der Waals surface area contributed by atoms with Crippen molar-refractivity contribution >= 4 is 11.5 Å². The first-order chi connectivity index (χ1) is 8.11. The van der Waals surface area contributed by atoms with E-state index in [0.29, 0.717) is 0 Å². The molecule has 0 aromatic heterocycles. The molecule has 0 saturated carbocycles. The molecule has 2 nitrogen and oxygen atoms in total. The van der Waals surface area contributed by atoms with Crippen molar-refractivity contribution in [1.29, 1.82) is 0 Å². The van der Waals surface area contributed by atoms with Crippen LogP contribution in [0.25, 0.3) is 0 Å². The minimum atomic E-state index is -4.38. The first kappa shape index (κ1) is 14.5. The molecule has 0 bridgehead atoms. The van der Waals surface area contributed by atoms with Crippen LogP contribution in [0.2, 0.25) is 0 Å². The van der Waals surface area contributed by atoms with Crippen molar-refractivity contribution in [2.75, 3.05) is 18.5 Å². The number of Topliss-reactive ketones (excluding diaryl/α,β-unsaturated/α-hetero) is 1. The molecule has 0 fully saturated rings. The molecule has 0 unspecified atom stereocenters. The lowest BCUT2D eigenvalue weighted by atomic mass is 10.1. The van der Waals surface area contributed by atoms with Gasteiger partial charge in [-0.1, -0.05) is 0 Å². The summed E-state index contributed by atoms with van der Waals surface area (Å²) in [4.78, 5) is 12.2. The van der Waals surface area contributed by atoms with Crippen LogP contribution in [0, 0.1) is 12.7 Å². The minimum absolute atomic E-state index is 0.0511. The molecule has 0 heterocycles. The number of anilines is 1. The molecular weight excluding hydrogens is 250 g/mol. The topological polar surface area (TPSA) is 20.3 Å². The number of carbonyl (C=O) groups excluding carboxylic acids is 1. The van der Waals surface area contributed by atoms with Gasteiger partial charge >= 0.3 is 6.18 Å². The molecule has 1 rings (SSSR count). The molecule has 1 aromatic rings. The molecule has 18 heavy (non-hydrogen) atoms. The Kier molecular flexibility index (Phi) is 3.98. The molecule has 0 aliphatic carbocycles. The Balaban J connectivity index is 3.22. The van der Waals surface area contributed by atoms with E-state index in [1.807, 2.05) is 0 Å². The van der Waals surface area contributed by atoms with E-state index >= 15 is 0 Å². The van der Waals surface area contributed by atoms with Crippen LogP contribution in [-0.2, 0) is 0 Å². The van der Waals surface area contributed by atoms with Crippen LogP contribution in [0.4, 0.5) is 23.2 Å². The molecule has 0 aliphatic rings. The number of halogens is 4. The number of alkyl halides is 3. The summed E-state index contributed by atoms with van der Waals surface area (Å²) in [6, 6.07) is 2.22. The average molecular weight is 263 g/mol. The van der Waals surface area contributed by atoms with E-state index in [9.17, 15) is 22.4 Å². The van der Waals surface area contributed by atoms with Crippen molar-refractivity contribution < 1.29 is 22.4 Å². The van der Waals surface area contributed by atoms with Gasteiger partial charge in [-0.15, -0.1) is 0 Å². The van der Waals surface area contributed by atoms with Gasteiger partial charge in [0.25, 0.3) is 0 Å². The molecule has 1 aromatic carbocycles. The Morgan fingerprint density at radius 3 is 2.33 bits per heavy atom. The molecule has 0 atom stereocenters. The number of aryl methyl sites for hydroxylation is 1. The summed E-state index contributed by atoms with van der Waals surface area (Å²) in [5, 5.41) is 0. The third kappa shape index (κ3) is 3.45. The van der Waals surface area contributed by atoms with Gasteiger partial charge in [0, 0.05) is 18.3 Å². The summed E-state index contributed by atoms with van der Waals surface area (Å²) < 4.78 is 50.2. The van der Waals surface area contributed by atoms with E-state index in [-0.39, 0.29) is 16.8 Å². The predicted octanol–water partition coefficient (Wildman–Crippen LogP) is 3.34. The fourth-order valence-electron chi connectivity index (χ4n) is 1.62. The first-order valence-corrected chi connectivity index (χ1v) is 5.21. The van der Waals surface area contributed by atoms with Gasteiger partial charge in [-0.2, -0.15) is 13.2 Å². The van der Waals surface area contributed by atoms with Gasteiger partial charge in [0.15, 0.2) is 5.78 Å². The van der Waals surface area contributed by atoms with E-state index in [4.69, 9.17) is 0 Å². The van der Waals surface area contributed by atoms with Gasteiger partial charge in [0.2, 0.25) is 0 Å². The second-order valence-electron chi connectivity index (χ2n) is 4.15. The zero-order valence-corrected chi connectivity index (χ0v) is 10.2. The first-order valence-electron chi connectivity index (χ1n) is 5.21. The summed E-state index contributed by atoms with van der Waals surface area (Å²) in [7, 11) is 1.21. The van der Waals surface area contributed by atoms with Gasteiger partial charge in [0.05, 0.1) is 0 Å². The molecule has 0 N–H and O–H groups in total. The number of hydrogen-bond donors (Lipinski definition) is 0. The lowest BCUT2D eigenvalue weighted by molar-refractivity contribution is -0.119. The van der Waals surface area contributed by atoms with Crippen molar-refractivity contribution in [2.45, 2.75) is 20.0 Å². The monoisotopic (exact) mass is 263 g/mol. The van der Waals surface area contributed by atoms with Crippen LogP contribution in [0.15, 0.2) is 12.1 Å². The van der Waals surface area contributed by atoms with Gasteiger partial charge in [-0.3, -0.25) is 4.79 Å². The Hall–Kier alpha value is -1.59. The maximum Gasteiger partial charge on any atom is 0.405 e. The highest BCUT2D eigenvalue weighted by Crippen LogP contribution is 2.27. The second-order valence-corrected chi connectivity index (χ2v) is 4.15. The van der Waals surface area contributed by atoms with Crippen LogP contribution in [-0.4, -0.2) is 25.6 Å². The van der Waals surface area contributed by atoms with E-state index in [1.165, 1.54) is 27.0 Å². The molecule has 0 aliphatic heterocycles. The lowest BCUT2D eigenvalue weighted by Crippen LogP contribution is -2.32. The number of hydrogen-bond acceptors (Lipinski definition) is 2. The highest BCUT2D eigenvalue weighted by Gasteiger charge is 2.30. The van der Waals surface area contributed by atoms with Crippen molar-refractivity contribution in [1.82, 2.24) is 0 Å². The zero-order valence-electron chi connectivity index (χ0n) is 10.2. The highest BCUT2D eigenvalue weighted by molar-refractivity contribution is 5.99. The fourth-order valence-corrected chi connectivity index (χ4v) is 1.62.